The van der Waals surface area contributed by atoms with Crippen LogP contribution in [0.2, 0.25) is 0 Å². The molecule has 3 aromatic heterocycles. The third kappa shape index (κ3) is 5.36. The van der Waals surface area contributed by atoms with Crippen molar-refractivity contribution in [3.63, 3.8) is 0 Å². The summed E-state index contributed by atoms with van der Waals surface area (Å²) in [6.45, 7) is 0.451. The van der Waals surface area contributed by atoms with Crippen molar-refractivity contribution >= 4 is 17.0 Å². The lowest BCUT2D eigenvalue weighted by atomic mass is 9.54. The molecule has 232 valence electrons. The Labute approximate surface area is 249 Å². The molecule has 2 aliphatic carbocycles. The van der Waals surface area contributed by atoms with Gasteiger partial charge < -0.3 is 19.3 Å². The zero-order valence-corrected chi connectivity index (χ0v) is 23.9. The molecule has 0 unspecified atom stereocenters. The number of aromatic nitrogens is 4. The molecule has 0 amide bonds. The highest BCUT2D eigenvalue weighted by molar-refractivity contribution is 6.03. The van der Waals surface area contributed by atoms with Gasteiger partial charge in [-0.1, -0.05) is 17.3 Å². The Morgan fingerprint density at radius 3 is 2.66 bits per heavy atom. The Balaban J connectivity index is 1.03. The Morgan fingerprint density at radius 2 is 1.93 bits per heavy atom. The molecule has 0 bridgehead atoms. The van der Waals surface area contributed by atoms with E-state index in [-0.39, 0.29) is 23.5 Å². The number of aliphatic hydroxyl groups is 1. The van der Waals surface area contributed by atoms with Gasteiger partial charge in [-0.15, -0.1) is 0 Å². The molecule has 4 heterocycles. The maximum Gasteiger partial charge on any atom is 0.345 e. The van der Waals surface area contributed by atoms with Crippen LogP contribution < -0.4 is 4.90 Å². The molecule has 9 nitrogen and oxygen atoms in total. The van der Waals surface area contributed by atoms with E-state index in [4.69, 9.17) is 4.52 Å². The van der Waals surface area contributed by atoms with E-state index in [0.717, 1.165) is 16.8 Å². The molecule has 3 fully saturated rings. The minimum absolute atomic E-state index is 0.109. The molecule has 1 spiro atoms. The summed E-state index contributed by atoms with van der Waals surface area (Å²) in [6.07, 6.45) is 1.50. The summed E-state index contributed by atoms with van der Waals surface area (Å²) in [7, 11) is 0. The number of ketones is 1. The lowest BCUT2D eigenvalue weighted by molar-refractivity contribution is -0.185. The second-order valence-electron chi connectivity index (χ2n) is 12.7. The summed E-state index contributed by atoms with van der Waals surface area (Å²) >= 11 is 0. The van der Waals surface area contributed by atoms with Crippen molar-refractivity contribution < 1.29 is 36.7 Å². The van der Waals surface area contributed by atoms with Crippen LogP contribution >= 0.6 is 0 Å². The summed E-state index contributed by atoms with van der Waals surface area (Å²) in [5.41, 5.74) is 3.05. The van der Waals surface area contributed by atoms with Crippen molar-refractivity contribution in [2.75, 3.05) is 18.0 Å². The highest BCUT2D eigenvalue weighted by Crippen LogP contribution is 2.56. The van der Waals surface area contributed by atoms with Crippen molar-refractivity contribution in [3.05, 3.63) is 65.3 Å². The van der Waals surface area contributed by atoms with Gasteiger partial charge in [-0.25, -0.2) is 13.3 Å². The Hall–Kier alpha value is -3.84. The maximum absolute atomic E-state index is 13.5. The minimum Gasteiger partial charge on any atom is -0.390 e. The Bertz CT molecular complexity index is 1700. The van der Waals surface area contributed by atoms with E-state index in [0.29, 0.717) is 67.1 Å². The molecule has 1 aliphatic heterocycles. The number of ether oxygens (including phenoxy) is 1. The molecule has 1 aromatic carbocycles. The van der Waals surface area contributed by atoms with Crippen LogP contribution in [-0.2, 0) is 11.2 Å². The number of nitrogens with zero attached hydrogens (tertiary/aromatic N) is 5. The van der Waals surface area contributed by atoms with E-state index in [1.54, 1.807) is 16.9 Å². The molecule has 0 atom stereocenters. The van der Waals surface area contributed by atoms with Crippen molar-refractivity contribution in [1.82, 2.24) is 19.8 Å². The van der Waals surface area contributed by atoms with E-state index in [2.05, 4.69) is 24.9 Å². The SMILES string of the molecule is Cc1ccc(-c2noc(C3CC(OC(F)F)C3)n2)cc1CC(=O)c1cnn2ccc(N3CC4(C3)CC(O)(CC(F)F)C4)cc12. The van der Waals surface area contributed by atoms with E-state index in [9.17, 15) is 27.5 Å². The number of carbonyl (C=O) groups excluding carboxylic acids is 1. The summed E-state index contributed by atoms with van der Waals surface area (Å²) in [4.78, 5) is 20.1. The van der Waals surface area contributed by atoms with Gasteiger partial charge in [0, 0.05) is 54.7 Å². The van der Waals surface area contributed by atoms with Crippen LogP contribution in [0.15, 0.2) is 47.2 Å². The van der Waals surface area contributed by atoms with E-state index >= 15 is 0 Å². The maximum atomic E-state index is 13.5. The van der Waals surface area contributed by atoms with E-state index in [1.807, 2.05) is 37.3 Å². The number of Topliss-reactive ketones (excluding diaryl/α,β-unsaturated/α-hetero) is 1. The first-order chi connectivity index (χ1) is 21.0. The molecule has 1 N–H and O–H groups in total. The van der Waals surface area contributed by atoms with Gasteiger partial charge in [-0.05, 0) is 61.9 Å². The second kappa shape index (κ2) is 10.7. The molecule has 4 aromatic rings. The highest BCUT2D eigenvalue weighted by atomic mass is 19.3. The van der Waals surface area contributed by atoms with E-state index in [1.165, 1.54) is 0 Å². The van der Waals surface area contributed by atoms with Crippen molar-refractivity contribution in [2.45, 2.75) is 76.1 Å². The number of carbonyl (C=O) groups is 1. The van der Waals surface area contributed by atoms with Crippen LogP contribution in [0.5, 0.6) is 0 Å². The molecule has 7 rings (SSSR count). The molecule has 1 saturated heterocycles. The fourth-order valence-corrected chi connectivity index (χ4v) is 7.14. The van der Waals surface area contributed by atoms with Crippen LogP contribution in [-0.4, -0.2) is 68.5 Å². The third-order valence-corrected chi connectivity index (χ3v) is 9.31. The van der Waals surface area contributed by atoms with Gasteiger partial charge >= 0.3 is 6.61 Å². The number of fused-ring (bicyclic) bond motifs is 1. The summed E-state index contributed by atoms with van der Waals surface area (Å²) in [5.74, 6) is 0.501. The van der Waals surface area contributed by atoms with Gasteiger partial charge in [0.2, 0.25) is 18.1 Å². The summed E-state index contributed by atoms with van der Waals surface area (Å²) in [6, 6.07) is 9.42. The van der Waals surface area contributed by atoms with Crippen LogP contribution in [0.4, 0.5) is 23.2 Å². The number of pyridine rings is 1. The number of hydrogen-bond acceptors (Lipinski definition) is 8. The molecule has 3 aliphatic rings. The zero-order valence-electron chi connectivity index (χ0n) is 23.9. The van der Waals surface area contributed by atoms with Crippen molar-refractivity contribution in [1.29, 1.82) is 0 Å². The quantitative estimate of drug-likeness (QED) is 0.182. The topological polar surface area (TPSA) is 106 Å². The first kappa shape index (κ1) is 28.9. The first-order valence-electron chi connectivity index (χ1n) is 14.6. The van der Waals surface area contributed by atoms with Gasteiger partial charge in [-0.3, -0.25) is 4.79 Å². The molecular weight excluding hydrogens is 582 g/mol. The van der Waals surface area contributed by atoms with Gasteiger partial charge in [0.05, 0.1) is 29.0 Å². The van der Waals surface area contributed by atoms with E-state index < -0.39 is 31.2 Å². The van der Waals surface area contributed by atoms with Gasteiger partial charge in [0.1, 0.15) is 0 Å². The average molecular weight is 614 g/mol. The Kier molecular flexibility index (Phi) is 7.00. The number of alkyl halides is 4. The number of hydrogen-bond donors (Lipinski definition) is 1. The van der Waals surface area contributed by atoms with Gasteiger partial charge in [-0.2, -0.15) is 18.9 Å². The Morgan fingerprint density at radius 1 is 1.16 bits per heavy atom. The summed E-state index contributed by atoms with van der Waals surface area (Å²) in [5, 5.41) is 18.8. The first-order valence-corrected chi connectivity index (χ1v) is 14.6. The number of benzene rings is 1. The van der Waals surface area contributed by atoms with Gasteiger partial charge in [0.25, 0.3) is 0 Å². The van der Waals surface area contributed by atoms with Crippen molar-refractivity contribution in [2.24, 2.45) is 5.41 Å². The van der Waals surface area contributed by atoms with Crippen molar-refractivity contribution in [3.8, 4) is 11.4 Å². The predicted molar refractivity (Wildman–Crippen MR) is 150 cm³/mol. The lowest BCUT2D eigenvalue weighted by Crippen LogP contribution is -2.68. The normalized spacial score (nSPS) is 22.0. The largest absolute Gasteiger partial charge is 0.390 e. The van der Waals surface area contributed by atoms with Crippen LogP contribution in [0.25, 0.3) is 16.9 Å². The fraction of sp³-hybridized carbons (Fsp3) is 0.484. The highest BCUT2D eigenvalue weighted by Gasteiger charge is 2.60. The molecular formula is C31H31F4N5O4. The predicted octanol–water partition coefficient (Wildman–Crippen LogP) is 5.59. The standard InChI is InChI=1S/C31H31F4N5O4/c1-17-2-3-18(27-37-28(44-38-27)20-7-22(8-20)43-29(34)35)6-19(17)9-25(41)23-12-36-40-5-4-21(10-24(23)40)39-15-30(16-39)13-31(42,14-30)11-26(32)33/h2-6,10,12,20,22,26,29,42H,7-9,11,13-16H2,1H3. The molecule has 44 heavy (non-hydrogen) atoms. The second-order valence-corrected chi connectivity index (χ2v) is 12.7. The molecule has 2 saturated carbocycles. The van der Waals surface area contributed by atoms with Crippen LogP contribution in [0.3, 0.4) is 0 Å². The fourth-order valence-electron chi connectivity index (χ4n) is 7.14. The number of aryl methyl sites for hydroxylation is 1. The van der Waals surface area contributed by atoms with Crippen LogP contribution in [0.1, 0.15) is 65.4 Å². The number of halogens is 4. The average Bonchev–Trinajstić information content (AvgIpc) is 3.55. The number of anilines is 1. The minimum atomic E-state index is -2.80. The van der Waals surface area contributed by atoms with Gasteiger partial charge in [0.15, 0.2) is 5.78 Å². The molecule has 13 heteroatoms. The third-order valence-electron chi connectivity index (χ3n) is 9.31. The molecule has 0 radical (unpaired) electrons. The smallest absolute Gasteiger partial charge is 0.345 e. The number of rotatable bonds is 10. The lowest BCUT2D eigenvalue weighted by Gasteiger charge is -2.63. The zero-order chi connectivity index (χ0) is 30.8. The summed E-state index contributed by atoms with van der Waals surface area (Å²) < 4.78 is 62.0. The van der Waals surface area contributed by atoms with Crippen LogP contribution in [0, 0.1) is 12.3 Å². The monoisotopic (exact) mass is 613 g/mol.